The van der Waals surface area contributed by atoms with E-state index in [-0.39, 0.29) is 5.60 Å². The predicted molar refractivity (Wildman–Crippen MR) is 127 cm³/mol. The van der Waals surface area contributed by atoms with Gasteiger partial charge in [0, 0.05) is 44.0 Å². The summed E-state index contributed by atoms with van der Waals surface area (Å²) in [6, 6.07) is 0.514. The van der Waals surface area contributed by atoms with Crippen molar-refractivity contribution in [1.82, 2.24) is 25.1 Å². The van der Waals surface area contributed by atoms with Crippen molar-refractivity contribution in [2.75, 3.05) is 25.0 Å². The molecule has 1 saturated heterocycles. The molecule has 2 N–H and O–H groups in total. The Bertz CT molecular complexity index is 995. The minimum atomic E-state index is -0.194. The number of nitrogens with zero attached hydrogens (tertiary/aromatic N) is 4. The molecule has 0 atom stereocenters. The first-order chi connectivity index (χ1) is 15.7. The molecular weight excluding hydrogens is 400 g/mol. The number of likely N-dealkylation sites (tertiary alicyclic amines) is 1. The Labute approximate surface area is 190 Å². The molecule has 4 heterocycles. The van der Waals surface area contributed by atoms with Crippen LogP contribution in [0, 0.1) is 5.92 Å². The van der Waals surface area contributed by atoms with Gasteiger partial charge in [0.05, 0.1) is 23.0 Å². The Balaban J connectivity index is 1.29. The highest BCUT2D eigenvalue weighted by atomic mass is 16.7. The van der Waals surface area contributed by atoms with Crippen LogP contribution in [0.15, 0.2) is 18.5 Å². The summed E-state index contributed by atoms with van der Waals surface area (Å²) in [5, 5.41) is 9.60. The molecule has 0 unspecified atom stereocenters. The molecule has 7 heteroatoms. The number of hydrogen-bond acceptors (Lipinski definition) is 6. The molecule has 0 aromatic carbocycles. The zero-order valence-corrected chi connectivity index (χ0v) is 19.3. The standard InChI is InChI=1S/C25H36N6O/c1-2-31-24-21(16-27-31)23(28-19-6-4-3-5-7-19)20(15-26-24)22-14-25(32-29-22)10-12-30(13-11-25)17-18-8-9-18/h14-16,18-19,29H,2-13,17H2,1H3,(H,26,28). The third kappa shape index (κ3) is 3.90. The number of hydrogen-bond donors (Lipinski definition) is 2. The molecule has 0 radical (unpaired) electrons. The number of hydroxylamine groups is 1. The zero-order chi connectivity index (χ0) is 21.5. The Morgan fingerprint density at radius 2 is 1.94 bits per heavy atom. The van der Waals surface area contributed by atoms with E-state index in [0.29, 0.717) is 6.04 Å². The maximum absolute atomic E-state index is 6.26. The van der Waals surface area contributed by atoms with Gasteiger partial charge in [0.2, 0.25) is 0 Å². The van der Waals surface area contributed by atoms with Crippen LogP contribution >= 0.6 is 0 Å². The topological polar surface area (TPSA) is 67.2 Å². The first kappa shape index (κ1) is 20.5. The van der Waals surface area contributed by atoms with Gasteiger partial charge >= 0.3 is 0 Å². The summed E-state index contributed by atoms with van der Waals surface area (Å²) >= 11 is 0. The average Bonchev–Trinajstić information content (AvgIpc) is 3.39. The van der Waals surface area contributed by atoms with Crippen LogP contribution in [-0.4, -0.2) is 50.9 Å². The fraction of sp³-hybridized carbons (Fsp3) is 0.680. The van der Waals surface area contributed by atoms with Crippen molar-refractivity contribution < 1.29 is 4.84 Å². The second-order valence-corrected chi connectivity index (χ2v) is 10.3. The summed E-state index contributed by atoms with van der Waals surface area (Å²) in [5.74, 6) is 0.952. The summed E-state index contributed by atoms with van der Waals surface area (Å²) in [4.78, 5) is 13.7. The lowest BCUT2D eigenvalue weighted by atomic mass is 9.90. The van der Waals surface area contributed by atoms with Crippen molar-refractivity contribution in [2.45, 2.75) is 82.9 Å². The van der Waals surface area contributed by atoms with Crippen molar-refractivity contribution in [3.8, 4) is 0 Å². The third-order valence-corrected chi connectivity index (χ3v) is 7.90. The van der Waals surface area contributed by atoms with E-state index in [9.17, 15) is 0 Å². The molecule has 172 valence electrons. The van der Waals surface area contributed by atoms with Crippen LogP contribution in [0.25, 0.3) is 16.7 Å². The molecule has 4 aliphatic rings. The predicted octanol–water partition coefficient (Wildman–Crippen LogP) is 4.32. The molecule has 2 aromatic rings. The van der Waals surface area contributed by atoms with Gasteiger partial charge in [0.25, 0.3) is 0 Å². The smallest absolute Gasteiger partial charge is 0.159 e. The quantitative estimate of drug-likeness (QED) is 0.703. The van der Waals surface area contributed by atoms with Crippen molar-refractivity contribution in [3.63, 3.8) is 0 Å². The minimum Gasteiger partial charge on any atom is -0.381 e. The second kappa shape index (κ2) is 8.34. The number of aryl methyl sites for hydroxylation is 1. The lowest BCUT2D eigenvalue weighted by Crippen LogP contribution is -2.45. The van der Waals surface area contributed by atoms with Crippen molar-refractivity contribution in [1.29, 1.82) is 0 Å². The maximum Gasteiger partial charge on any atom is 0.159 e. The van der Waals surface area contributed by atoms with E-state index < -0.39 is 0 Å². The Morgan fingerprint density at radius 3 is 2.69 bits per heavy atom. The Kier molecular flexibility index (Phi) is 5.34. The summed E-state index contributed by atoms with van der Waals surface area (Å²) in [5.41, 5.74) is 7.38. The van der Waals surface area contributed by atoms with Crippen molar-refractivity contribution >= 4 is 22.4 Å². The molecule has 1 spiro atoms. The summed E-state index contributed by atoms with van der Waals surface area (Å²) in [6.45, 7) is 6.46. The van der Waals surface area contributed by atoms with Crippen LogP contribution < -0.4 is 10.8 Å². The van der Waals surface area contributed by atoms with E-state index in [4.69, 9.17) is 9.82 Å². The van der Waals surface area contributed by atoms with Crippen LogP contribution in [-0.2, 0) is 11.4 Å². The highest BCUT2D eigenvalue weighted by molar-refractivity contribution is 5.95. The van der Waals surface area contributed by atoms with Gasteiger partial charge in [-0.1, -0.05) is 19.3 Å². The van der Waals surface area contributed by atoms with Crippen LogP contribution in [0.3, 0.4) is 0 Å². The first-order valence-electron chi connectivity index (χ1n) is 12.7. The molecule has 2 aliphatic heterocycles. The van der Waals surface area contributed by atoms with E-state index in [1.807, 2.05) is 17.1 Å². The molecule has 2 saturated carbocycles. The lowest BCUT2D eigenvalue weighted by molar-refractivity contribution is -0.0697. The second-order valence-electron chi connectivity index (χ2n) is 10.3. The van der Waals surface area contributed by atoms with E-state index in [0.717, 1.165) is 66.4 Å². The monoisotopic (exact) mass is 436 g/mol. The average molecular weight is 437 g/mol. The number of rotatable bonds is 6. The number of fused-ring (bicyclic) bond motifs is 1. The molecule has 2 aliphatic carbocycles. The molecule has 32 heavy (non-hydrogen) atoms. The van der Waals surface area contributed by atoms with Crippen molar-refractivity contribution in [3.05, 3.63) is 24.0 Å². The maximum atomic E-state index is 6.26. The zero-order valence-electron chi connectivity index (χ0n) is 19.3. The fourth-order valence-corrected chi connectivity index (χ4v) is 5.71. The van der Waals surface area contributed by atoms with Gasteiger partial charge in [-0.2, -0.15) is 5.10 Å². The summed E-state index contributed by atoms with van der Waals surface area (Å²) in [7, 11) is 0. The van der Waals surface area contributed by atoms with E-state index in [1.165, 1.54) is 51.5 Å². The third-order valence-electron chi connectivity index (χ3n) is 7.90. The van der Waals surface area contributed by atoms with Gasteiger partial charge in [-0.05, 0) is 57.4 Å². The summed E-state index contributed by atoms with van der Waals surface area (Å²) in [6.07, 6.45) is 17.7. The minimum absolute atomic E-state index is 0.194. The van der Waals surface area contributed by atoms with Crippen LogP contribution in [0.5, 0.6) is 0 Å². The van der Waals surface area contributed by atoms with Gasteiger partial charge in [-0.15, -0.1) is 0 Å². The highest BCUT2D eigenvalue weighted by Crippen LogP contribution is 2.40. The molecule has 0 amide bonds. The number of nitrogens with one attached hydrogen (secondary N) is 2. The van der Waals surface area contributed by atoms with E-state index in [2.05, 4.69) is 33.8 Å². The van der Waals surface area contributed by atoms with Crippen LogP contribution in [0.4, 0.5) is 5.69 Å². The van der Waals surface area contributed by atoms with Crippen LogP contribution in [0.2, 0.25) is 0 Å². The molecule has 6 rings (SSSR count). The molecule has 2 aromatic heterocycles. The van der Waals surface area contributed by atoms with Crippen LogP contribution in [0.1, 0.15) is 70.3 Å². The van der Waals surface area contributed by atoms with E-state index >= 15 is 0 Å². The molecular formula is C25H36N6O. The molecule has 0 bridgehead atoms. The first-order valence-corrected chi connectivity index (χ1v) is 12.7. The number of piperidine rings is 1. The molecule has 7 nitrogen and oxygen atoms in total. The lowest BCUT2D eigenvalue weighted by Gasteiger charge is -2.36. The van der Waals surface area contributed by atoms with Gasteiger partial charge in [-0.3, -0.25) is 10.3 Å². The fourth-order valence-electron chi connectivity index (χ4n) is 5.71. The van der Waals surface area contributed by atoms with Crippen molar-refractivity contribution in [2.24, 2.45) is 5.92 Å². The normalized spacial score (nSPS) is 24.1. The SMILES string of the molecule is CCn1ncc2c(NC3CCCCC3)c(C3=CC4(CCN(CC5CC5)CC4)ON3)cnc21. The largest absolute Gasteiger partial charge is 0.381 e. The van der Waals surface area contributed by atoms with Gasteiger partial charge in [0.1, 0.15) is 5.60 Å². The number of aromatic nitrogens is 3. The molecule has 3 fully saturated rings. The Hall–Kier alpha value is -2.12. The van der Waals surface area contributed by atoms with Gasteiger partial charge in [-0.25, -0.2) is 9.67 Å². The summed E-state index contributed by atoms with van der Waals surface area (Å²) < 4.78 is 1.98. The number of pyridine rings is 1. The number of anilines is 1. The Morgan fingerprint density at radius 1 is 1.12 bits per heavy atom. The van der Waals surface area contributed by atoms with Gasteiger partial charge < -0.3 is 10.2 Å². The van der Waals surface area contributed by atoms with E-state index in [1.54, 1.807) is 0 Å². The van der Waals surface area contributed by atoms with Gasteiger partial charge in [0.15, 0.2) is 5.65 Å². The highest BCUT2D eigenvalue weighted by Gasteiger charge is 2.40.